The highest BCUT2D eigenvalue weighted by atomic mass is 32.1. The molecule has 66 valence electrons. The van der Waals surface area contributed by atoms with E-state index in [-0.39, 0.29) is 0 Å². The zero-order chi connectivity index (χ0) is 9.26. The lowest BCUT2D eigenvalue weighted by Crippen LogP contribution is -1.82. The maximum Gasteiger partial charge on any atom is 0.252 e. The first-order chi connectivity index (χ1) is 6.27. The molecule has 0 aliphatic heterocycles. The van der Waals surface area contributed by atoms with E-state index in [0.29, 0.717) is 5.69 Å². The van der Waals surface area contributed by atoms with Crippen LogP contribution in [0.4, 0.5) is 4.39 Å². The second-order valence-electron chi connectivity index (χ2n) is 2.77. The molecule has 0 unspecified atom stereocenters. The molecular weight excluding hydrogens is 187 g/mol. The van der Waals surface area contributed by atoms with Gasteiger partial charge in [0.05, 0.1) is 11.7 Å². The third kappa shape index (κ3) is 1.58. The van der Waals surface area contributed by atoms with Crippen molar-refractivity contribution in [1.29, 1.82) is 0 Å². The van der Waals surface area contributed by atoms with Crippen molar-refractivity contribution in [3.05, 3.63) is 35.8 Å². The summed E-state index contributed by atoms with van der Waals surface area (Å²) in [7, 11) is 0. The summed E-state index contributed by atoms with van der Waals surface area (Å²) in [4.78, 5) is 0. The van der Waals surface area contributed by atoms with Gasteiger partial charge < -0.3 is 0 Å². The summed E-state index contributed by atoms with van der Waals surface area (Å²) in [5.74, 6) is -0.492. The zero-order valence-corrected chi connectivity index (χ0v) is 7.81. The van der Waals surface area contributed by atoms with Gasteiger partial charge in [-0.25, -0.2) is 0 Å². The maximum absolute atomic E-state index is 13.0. The summed E-state index contributed by atoms with van der Waals surface area (Å²) in [6.45, 7) is 1.99. The lowest BCUT2D eigenvalue weighted by atomic mass is 10.1. The highest BCUT2D eigenvalue weighted by Gasteiger charge is 2.08. The van der Waals surface area contributed by atoms with Gasteiger partial charge in [0.2, 0.25) is 0 Å². The molecule has 0 aliphatic rings. The number of halogens is 1. The largest absolute Gasteiger partial charge is 0.252 e. The summed E-state index contributed by atoms with van der Waals surface area (Å²) >= 11 is 0.890. The first-order valence-corrected chi connectivity index (χ1v) is 4.55. The molecule has 0 saturated carbocycles. The highest BCUT2D eigenvalue weighted by Crippen LogP contribution is 2.20. The number of hydrogen-bond acceptors (Lipinski definition) is 3. The first-order valence-electron chi connectivity index (χ1n) is 3.82. The smallest absolute Gasteiger partial charge is 0.181 e. The summed E-state index contributed by atoms with van der Waals surface area (Å²) in [5, 5.41) is 0. The van der Waals surface area contributed by atoms with Gasteiger partial charge in [0.25, 0.3) is 5.95 Å². The van der Waals surface area contributed by atoms with E-state index in [0.717, 1.165) is 22.9 Å². The molecule has 0 saturated heterocycles. The van der Waals surface area contributed by atoms with Gasteiger partial charge >= 0.3 is 0 Å². The fourth-order valence-electron chi connectivity index (χ4n) is 1.06. The lowest BCUT2D eigenvalue weighted by Gasteiger charge is -1.96. The van der Waals surface area contributed by atoms with Gasteiger partial charge in [-0.3, -0.25) is 0 Å². The van der Waals surface area contributed by atoms with E-state index < -0.39 is 5.95 Å². The van der Waals surface area contributed by atoms with Crippen LogP contribution in [0, 0.1) is 12.9 Å². The van der Waals surface area contributed by atoms with Crippen molar-refractivity contribution in [2.45, 2.75) is 6.92 Å². The third-order valence-electron chi connectivity index (χ3n) is 1.77. The summed E-state index contributed by atoms with van der Waals surface area (Å²) < 4.78 is 20.3. The molecule has 1 aromatic heterocycles. The van der Waals surface area contributed by atoms with E-state index in [9.17, 15) is 4.39 Å². The minimum absolute atomic E-state index is 0.338. The second kappa shape index (κ2) is 3.22. The Hall–Kier alpha value is -1.29. The fraction of sp³-hybridized carbons (Fsp3) is 0.111. The van der Waals surface area contributed by atoms with Crippen LogP contribution < -0.4 is 0 Å². The van der Waals surface area contributed by atoms with Gasteiger partial charge in [0, 0.05) is 5.56 Å². The topological polar surface area (TPSA) is 25.8 Å². The SMILES string of the molecule is Cc1ccc(-c2nsnc2F)cc1. The fourth-order valence-corrected chi connectivity index (χ4v) is 1.52. The van der Waals surface area contributed by atoms with Crippen LogP contribution in [0.1, 0.15) is 5.56 Å². The molecule has 0 amide bonds. The predicted molar refractivity (Wildman–Crippen MR) is 50.0 cm³/mol. The second-order valence-corrected chi connectivity index (χ2v) is 3.30. The van der Waals surface area contributed by atoms with Crippen molar-refractivity contribution in [3.8, 4) is 11.3 Å². The van der Waals surface area contributed by atoms with Crippen LogP contribution >= 0.6 is 11.7 Å². The van der Waals surface area contributed by atoms with E-state index in [1.54, 1.807) is 0 Å². The van der Waals surface area contributed by atoms with Crippen molar-refractivity contribution >= 4 is 11.7 Å². The average molecular weight is 194 g/mol. The molecular formula is C9H7FN2S. The Balaban J connectivity index is 2.47. The molecule has 1 heterocycles. The minimum Gasteiger partial charge on any atom is -0.181 e. The molecule has 2 aromatic rings. The van der Waals surface area contributed by atoms with E-state index in [1.165, 1.54) is 0 Å². The van der Waals surface area contributed by atoms with Gasteiger partial charge in [0.15, 0.2) is 0 Å². The summed E-state index contributed by atoms with van der Waals surface area (Å²) in [6.07, 6.45) is 0. The summed E-state index contributed by atoms with van der Waals surface area (Å²) in [5.41, 5.74) is 2.26. The zero-order valence-electron chi connectivity index (χ0n) is 6.99. The van der Waals surface area contributed by atoms with Gasteiger partial charge in [-0.15, -0.1) is 4.37 Å². The summed E-state index contributed by atoms with van der Waals surface area (Å²) in [6, 6.07) is 7.53. The normalized spacial score (nSPS) is 10.3. The number of aryl methyl sites for hydroxylation is 1. The van der Waals surface area contributed by atoms with Gasteiger partial charge in [-0.2, -0.15) is 8.76 Å². The lowest BCUT2D eigenvalue weighted by molar-refractivity contribution is 0.599. The molecule has 0 atom stereocenters. The average Bonchev–Trinajstić information content (AvgIpc) is 2.53. The van der Waals surface area contributed by atoms with E-state index >= 15 is 0 Å². The molecule has 0 bridgehead atoms. The number of nitrogens with zero attached hydrogens (tertiary/aromatic N) is 2. The first kappa shape index (κ1) is 8.31. The predicted octanol–water partition coefficient (Wildman–Crippen LogP) is 2.65. The van der Waals surface area contributed by atoms with Crippen LogP contribution in [0.15, 0.2) is 24.3 Å². The van der Waals surface area contributed by atoms with Crippen LogP contribution in [0.3, 0.4) is 0 Å². The molecule has 0 spiro atoms. The van der Waals surface area contributed by atoms with Crippen molar-refractivity contribution < 1.29 is 4.39 Å². The maximum atomic E-state index is 13.0. The molecule has 0 aliphatic carbocycles. The van der Waals surface area contributed by atoms with Crippen LogP contribution in [0.2, 0.25) is 0 Å². The molecule has 1 aromatic carbocycles. The van der Waals surface area contributed by atoms with Crippen molar-refractivity contribution in [1.82, 2.24) is 8.75 Å². The van der Waals surface area contributed by atoms with Gasteiger partial charge in [-0.05, 0) is 6.92 Å². The highest BCUT2D eigenvalue weighted by molar-refractivity contribution is 6.99. The van der Waals surface area contributed by atoms with E-state index in [1.807, 2.05) is 31.2 Å². The van der Waals surface area contributed by atoms with E-state index in [2.05, 4.69) is 8.75 Å². The number of hydrogen-bond donors (Lipinski definition) is 0. The Kier molecular flexibility index (Phi) is 2.06. The standard InChI is InChI=1S/C9H7FN2S/c1-6-2-4-7(5-3-6)8-9(10)12-13-11-8/h2-5H,1H3. The van der Waals surface area contributed by atoms with Crippen LogP contribution in [-0.2, 0) is 0 Å². The van der Waals surface area contributed by atoms with Gasteiger partial charge in [-0.1, -0.05) is 29.8 Å². The van der Waals surface area contributed by atoms with E-state index in [4.69, 9.17) is 0 Å². The van der Waals surface area contributed by atoms with Crippen LogP contribution in [-0.4, -0.2) is 8.75 Å². The number of aromatic nitrogens is 2. The quantitative estimate of drug-likeness (QED) is 0.697. The Morgan fingerprint density at radius 3 is 2.38 bits per heavy atom. The van der Waals surface area contributed by atoms with Crippen LogP contribution in [0.25, 0.3) is 11.3 Å². The third-order valence-corrected chi connectivity index (χ3v) is 2.28. The molecule has 13 heavy (non-hydrogen) atoms. The molecule has 0 fully saturated rings. The molecule has 0 N–H and O–H groups in total. The Labute approximate surface area is 79.4 Å². The Bertz CT molecular complexity index is 408. The Morgan fingerprint density at radius 2 is 1.85 bits per heavy atom. The van der Waals surface area contributed by atoms with Crippen molar-refractivity contribution in [3.63, 3.8) is 0 Å². The van der Waals surface area contributed by atoms with Crippen LogP contribution in [0.5, 0.6) is 0 Å². The van der Waals surface area contributed by atoms with Gasteiger partial charge in [0.1, 0.15) is 5.69 Å². The Morgan fingerprint density at radius 1 is 1.15 bits per heavy atom. The molecule has 2 nitrogen and oxygen atoms in total. The molecule has 4 heteroatoms. The molecule has 2 rings (SSSR count). The minimum atomic E-state index is -0.492. The monoisotopic (exact) mass is 194 g/mol. The number of rotatable bonds is 1. The number of benzene rings is 1. The van der Waals surface area contributed by atoms with Crippen molar-refractivity contribution in [2.24, 2.45) is 0 Å². The van der Waals surface area contributed by atoms with Crippen molar-refractivity contribution in [2.75, 3.05) is 0 Å². The molecule has 0 radical (unpaired) electrons.